The molecule has 0 heteroatoms. The molecule has 0 heterocycles. The quantitative estimate of drug-likeness (QED) is 0.578. The molecule has 3 unspecified atom stereocenters. The Kier molecular flexibility index (Phi) is 4.31. The highest BCUT2D eigenvalue weighted by atomic mass is 14.4. The van der Waals surface area contributed by atoms with Gasteiger partial charge in [0, 0.05) is 0 Å². The molecule has 3 aliphatic carbocycles. The fraction of sp³-hybridized carbons (Fsp3) is 1.00. The minimum Gasteiger partial charge on any atom is -0.0625 e. The van der Waals surface area contributed by atoms with Gasteiger partial charge >= 0.3 is 0 Å². The molecule has 3 atom stereocenters. The summed E-state index contributed by atoms with van der Waals surface area (Å²) in [5.74, 6) is 5.54. The van der Waals surface area contributed by atoms with E-state index in [-0.39, 0.29) is 0 Å². The summed E-state index contributed by atoms with van der Waals surface area (Å²) in [7, 11) is 0. The smallest absolute Gasteiger partial charge is 0.0357 e. The second-order valence-corrected chi connectivity index (χ2v) is 7.76. The molecule has 0 bridgehead atoms. The molecule has 3 rings (SSSR count). The molecule has 0 aromatic carbocycles. The van der Waals surface area contributed by atoms with Crippen molar-refractivity contribution in [2.24, 2.45) is 29.6 Å². The van der Waals surface area contributed by atoms with Gasteiger partial charge in [0.15, 0.2) is 0 Å². The van der Waals surface area contributed by atoms with Crippen LogP contribution in [0.25, 0.3) is 0 Å². The summed E-state index contributed by atoms with van der Waals surface area (Å²) in [4.78, 5) is 0. The first-order valence-corrected chi connectivity index (χ1v) is 8.83. The second-order valence-electron chi connectivity index (χ2n) is 7.76. The maximum absolute atomic E-state index is 2.45. The third kappa shape index (κ3) is 2.94. The standard InChI is InChI=1S/C18H32/c1-14-9-11-15(12-10-14)13-17-7-4-6-16-5-2-3-8-18(16)17/h14-18H,2-13H2,1H3. The second kappa shape index (κ2) is 5.97. The lowest BCUT2D eigenvalue weighted by atomic mass is 9.62. The van der Waals surface area contributed by atoms with Crippen molar-refractivity contribution >= 4 is 0 Å². The van der Waals surface area contributed by atoms with E-state index in [1.807, 2.05) is 0 Å². The molecule has 0 nitrogen and oxygen atoms in total. The van der Waals surface area contributed by atoms with Crippen LogP contribution >= 0.6 is 0 Å². The maximum Gasteiger partial charge on any atom is -0.0357 e. The Hall–Kier alpha value is 0. The van der Waals surface area contributed by atoms with Crippen molar-refractivity contribution in [2.75, 3.05) is 0 Å². The van der Waals surface area contributed by atoms with Crippen LogP contribution in [0.3, 0.4) is 0 Å². The van der Waals surface area contributed by atoms with Gasteiger partial charge in [0.05, 0.1) is 0 Å². The minimum absolute atomic E-state index is 1.02. The van der Waals surface area contributed by atoms with E-state index in [0.29, 0.717) is 0 Å². The van der Waals surface area contributed by atoms with E-state index in [1.165, 1.54) is 19.3 Å². The number of hydrogen-bond acceptors (Lipinski definition) is 0. The summed E-state index contributed by atoms with van der Waals surface area (Å²) in [5.41, 5.74) is 0. The largest absolute Gasteiger partial charge is 0.0625 e. The molecule has 104 valence electrons. The summed E-state index contributed by atoms with van der Waals surface area (Å²) in [6.07, 6.45) is 18.7. The van der Waals surface area contributed by atoms with Crippen LogP contribution < -0.4 is 0 Å². The van der Waals surface area contributed by atoms with Crippen LogP contribution in [-0.2, 0) is 0 Å². The zero-order valence-electron chi connectivity index (χ0n) is 12.4. The van der Waals surface area contributed by atoms with E-state index in [2.05, 4.69) is 6.92 Å². The van der Waals surface area contributed by atoms with Gasteiger partial charge in [-0.1, -0.05) is 71.1 Å². The maximum atomic E-state index is 2.45. The van der Waals surface area contributed by atoms with Crippen molar-refractivity contribution in [3.8, 4) is 0 Å². The first-order valence-electron chi connectivity index (χ1n) is 8.83. The van der Waals surface area contributed by atoms with Crippen LogP contribution in [0.5, 0.6) is 0 Å². The zero-order chi connectivity index (χ0) is 12.4. The summed E-state index contributed by atoms with van der Waals surface area (Å²) >= 11 is 0. The Bertz CT molecular complexity index is 247. The monoisotopic (exact) mass is 248 g/mol. The highest BCUT2D eigenvalue weighted by Crippen LogP contribution is 2.47. The molecule has 0 N–H and O–H groups in total. The third-order valence-corrected chi connectivity index (χ3v) is 6.49. The van der Waals surface area contributed by atoms with E-state index < -0.39 is 0 Å². The van der Waals surface area contributed by atoms with Crippen LogP contribution in [0.4, 0.5) is 0 Å². The average Bonchev–Trinajstić information content (AvgIpc) is 2.42. The van der Waals surface area contributed by atoms with Crippen LogP contribution in [0.2, 0.25) is 0 Å². The van der Waals surface area contributed by atoms with Gasteiger partial charge in [-0.25, -0.2) is 0 Å². The first kappa shape index (κ1) is 13.0. The number of hydrogen-bond donors (Lipinski definition) is 0. The van der Waals surface area contributed by atoms with Crippen LogP contribution in [-0.4, -0.2) is 0 Å². The normalized spacial score (nSPS) is 45.5. The summed E-state index contributed by atoms with van der Waals surface area (Å²) in [5, 5.41) is 0. The van der Waals surface area contributed by atoms with Crippen molar-refractivity contribution in [1.29, 1.82) is 0 Å². The minimum atomic E-state index is 1.02. The predicted octanol–water partition coefficient (Wildman–Crippen LogP) is 5.81. The van der Waals surface area contributed by atoms with Gasteiger partial charge in [-0.3, -0.25) is 0 Å². The van der Waals surface area contributed by atoms with E-state index >= 15 is 0 Å². The lowest BCUT2D eigenvalue weighted by Gasteiger charge is -2.43. The highest BCUT2D eigenvalue weighted by molar-refractivity contribution is 4.87. The molecule has 0 saturated heterocycles. The molecule has 0 aromatic heterocycles. The van der Waals surface area contributed by atoms with Gasteiger partial charge in [0.1, 0.15) is 0 Å². The first-order chi connectivity index (χ1) is 8.83. The molecule has 0 spiro atoms. The number of fused-ring (bicyclic) bond motifs is 1. The fourth-order valence-electron chi connectivity index (χ4n) is 5.36. The van der Waals surface area contributed by atoms with Gasteiger partial charge < -0.3 is 0 Å². The third-order valence-electron chi connectivity index (χ3n) is 6.49. The van der Waals surface area contributed by atoms with E-state index in [9.17, 15) is 0 Å². The predicted molar refractivity (Wildman–Crippen MR) is 78.5 cm³/mol. The topological polar surface area (TPSA) is 0 Å². The Balaban J connectivity index is 1.54. The Morgan fingerprint density at radius 3 is 2.28 bits per heavy atom. The van der Waals surface area contributed by atoms with Crippen molar-refractivity contribution in [2.45, 2.75) is 84.0 Å². The lowest BCUT2D eigenvalue weighted by molar-refractivity contribution is 0.0784. The fourth-order valence-corrected chi connectivity index (χ4v) is 5.36. The van der Waals surface area contributed by atoms with E-state index in [4.69, 9.17) is 0 Å². The lowest BCUT2D eigenvalue weighted by Crippen LogP contribution is -2.32. The molecule has 0 amide bonds. The summed E-state index contributed by atoms with van der Waals surface area (Å²) in [6, 6.07) is 0. The Morgan fingerprint density at radius 1 is 0.722 bits per heavy atom. The molecule has 18 heavy (non-hydrogen) atoms. The Morgan fingerprint density at radius 2 is 1.44 bits per heavy atom. The highest BCUT2D eigenvalue weighted by Gasteiger charge is 2.36. The average molecular weight is 248 g/mol. The van der Waals surface area contributed by atoms with E-state index in [0.717, 1.165) is 29.6 Å². The zero-order valence-corrected chi connectivity index (χ0v) is 12.4. The SMILES string of the molecule is CC1CCC(CC2CCCC3CCCCC32)CC1. The van der Waals surface area contributed by atoms with Crippen LogP contribution in [0.15, 0.2) is 0 Å². The van der Waals surface area contributed by atoms with Gasteiger partial charge in [0.25, 0.3) is 0 Å². The molecule has 0 aromatic rings. The summed E-state index contributed by atoms with van der Waals surface area (Å²) in [6.45, 7) is 2.45. The Labute approximate surface area is 114 Å². The van der Waals surface area contributed by atoms with Crippen molar-refractivity contribution in [1.82, 2.24) is 0 Å². The molecular weight excluding hydrogens is 216 g/mol. The van der Waals surface area contributed by atoms with Crippen LogP contribution in [0.1, 0.15) is 84.0 Å². The molecule has 0 aliphatic heterocycles. The van der Waals surface area contributed by atoms with Crippen LogP contribution in [0, 0.1) is 29.6 Å². The molecule has 3 fully saturated rings. The van der Waals surface area contributed by atoms with Crippen molar-refractivity contribution in [3.63, 3.8) is 0 Å². The van der Waals surface area contributed by atoms with Gasteiger partial charge in [-0.15, -0.1) is 0 Å². The van der Waals surface area contributed by atoms with Crippen molar-refractivity contribution < 1.29 is 0 Å². The van der Waals surface area contributed by atoms with Gasteiger partial charge in [0.2, 0.25) is 0 Å². The summed E-state index contributed by atoms with van der Waals surface area (Å²) < 4.78 is 0. The molecule has 3 saturated carbocycles. The number of rotatable bonds is 2. The molecule has 3 aliphatic rings. The van der Waals surface area contributed by atoms with Gasteiger partial charge in [-0.05, 0) is 42.4 Å². The van der Waals surface area contributed by atoms with Gasteiger partial charge in [-0.2, -0.15) is 0 Å². The molecule has 0 radical (unpaired) electrons. The van der Waals surface area contributed by atoms with E-state index in [1.54, 1.807) is 57.8 Å². The van der Waals surface area contributed by atoms with Crippen molar-refractivity contribution in [3.05, 3.63) is 0 Å². The molecular formula is C18H32.